The van der Waals surface area contributed by atoms with Crippen LogP contribution >= 0.6 is 0 Å². The lowest BCUT2D eigenvalue weighted by Crippen LogP contribution is -2.28. The molecular formula is C18H19F2N3O5S. The highest BCUT2D eigenvalue weighted by molar-refractivity contribution is 7.89. The lowest BCUT2D eigenvalue weighted by molar-refractivity contribution is -0.119. The van der Waals surface area contributed by atoms with Gasteiger partial charge in [-0.15, -0.1) is 0 Å². The Hall–Kier alpha value is -2.89. The smallest absolute Gasteiger partial charge is 0.250 e. The van der Waals surface area contributed by atoms with Gasteiger partial charge in [0.15, 0.2) is 11.6 Å². The van der Waals surface area contributed by atoms with Crippen molar-refractivity contribution in [3.05, 3.63) is 54.1 Å². The van der Waals surface area contributed by atoms with Crippen molar-refractivity contribution < 1.29 is 31.5 Å². The molecule has 11 heteroatoms. The van der Waals surface area contributed by atoms with Crippen LogP contribution in [0.2, 0.25) is 0 Å². The van der Waals surface area contributed by atoms with Crippen molar-refractivity contribution in [1.29, 1.82) is 0 Å². The molecule has 0 unspecified atom stereocenters. The van der Waals surface area contributed by atoms with Gasteiger partial charge < -0.3 is 15.4 Å². The van der Waals surface area contributed by atoms with E-state index in [0.717, 1.165) is 6.07 Å². The summed E-state index contributed by atoms with van der Waals surface area (Å²) >= 11 is 0. The third-order valence-corrected chi connectivity index (χ3v) is 5.03. The molecule has 0 heterocycles. The molecule has 0 saturated heterocycles. The van der Waals surface area contributed by atoms with Gasteiger partial charge in [-0.05, 0) is 42.5 Å². The van der Waals surface area contributed by atoms with Gasteiger partial charge in [0.1, 0.15) is 6.61 Å². The molecule has 3 N–H and O–H groups in total. The van der Waals surface area contributed by atoms with Crippen LogP contribution in [0.5, 0.6) is 0 Å². The van der Waals surface area contributed by atoms with Crippen molar-refractivity contribution in [2.24, 2.45) is 0 Å². The van der Waals surface area contributed by atoms with Crippen LogP contribution in [0.15, 0.2) is 47.4 Å². The van der Waals surface area contributed by atoms with Crippen LogP contribution in [0.4, 0.5) is 20.2 Å². The molecule has 156 valence electrons. The number of carbonyl (C=O) groups excluding carboxylic acids is 2. The molecule has 0 fully saturated rings. The quantitative estimate of drug-likeness (QED) is 0.565. The van der Waals surface area contributed by atoms with Gasteiger partial charge in [0.2, 0.25) is 21.8 Å². The van der Waals surface area contributed by atoms with E-state index in [9.17, 15) is 26.8 Å². The molecule has 8 nitrogen and oxygen atoms in total. The molecule has 0 saturated carbocycles. The molecule has 29 heavy (non-hydrogen) atoms. The fourth-order valence-corrected chi connectivity index (χ4v) is 3.26. The van der Waals surface area contributed by atoms with E-state index in [1.165, 1.54) is 7.11 Å². The van der Waals surface area contributed by atoms with Crippen molar-refractivity contribution in [2.75, 3.05) is 30.9 Å². The molecule has 0 aliphatic rings. The van der Waals surface area contributed by atoms with Crippen LogP contribution in [-0.4, -0.2) is 40.5 Å². The highest BCUT2D eigenvalue weighted by Gasteiger charge is 2.16. The third-order valence-electron chi connectivity index (χ3n) is 3.57. The van der Waals surface area contributed by atoms with E-state index in [0.29, 0.717) is 23.5 Å². The zero-order valence-electron chi connectivity index (χ0n) is 15.4. The van der Waals surface area contributed by atoms with E-state index >= 15 is 0 Å². The topological polar surface area (TPSA) is 114 Å². The molecule has 2 aromatic carbocycles. The summed E-state index contributed by atoms with van der Waals surface area (Å²) in [5.74, 6) is -3.23. The first-order valence-corrected chi connectivity index (χ1v) is 9.83. The summed E-state index contributed by atoms with van der Waals surface area (Å²) in [6, 6.07) is 8.47. The van der Waals surface area contributed by atoms with Crippen LogP contribution in [0.1, 0.15) is 6.42 Å². The molecule has 0 atom stereocenters. The minimum absolute atomic E-state index is 0.0844. The predicted octanol–water partition coefficient (Wildman–Crippen LogP) is 1.86. The number of nitrogens with one attached hydrogen (secondary N) is 3. The Kier molecular flexibility index (Phi) is 7.76. The van der Waals surface area contributed by atoms with E-state index in [4.69, 9.17) is 4.74 Å². The molecule has 2 rings (SSSR count). The maximum Gasteiger partial charge on any atom is 0.250 e. The molecule has 0 spiro atoms. The average molecular weight is 427 g/mol. The van der Waals surface area contributed by atoms with Crippen LogP contribution in [0.3, 0.4) is 0 Å². The molecule has 0 bridgehead atoms. The largest absolute Gasteiger partial charge is 0.375 e. The van der Waals surface area contributed by atoms with Gasteiger partial charge >= 0.3 is 0 Å². The Labute approximate surface area is 166 Å². The van der Waals surface area contributed by atoms with Gasteiger partial charge in [-0.25, -0.2) is 21.9 Å². The lowest BCUT2D eigenvalue weighted by Gasteiger charge is -2.09. The van der Waals surface area contributed by atoms with Crippen molar-refractivity contribution in [1.82, 2.24) is 4.72 Å². The zero-order chi connectivity index (χ0) is 21.4. The Morgan fingerprint density at radius 1 is 0.931 bits per heavy atom. The SMILES string of the molecule is COCC(=O)Nc1ccc(NC(=O)CCNS(=O)(=O)c2ccc(F)c(F)c2)cc1. The van der Waals surface area contributed by atoms with Crippen molar-refractivity contribution in [3.63, 3.8) is 0 Å². The Balaban J connectivity index is 1.83. The van der Waals surface area contributed by atoms with Crippen molar-refractivity contribution >= 4 is 33.2 Å². The zero-order valence-corrected chi connectivity index (χ0v) is 16.2. The number of carbonyl (C=O) groups is 2. The Morgan fingerprint density at radius 2 is 1.52 bits per heavy atom. The summed E-state index contributed by atoms with van der Waals surface area (Å²) in [5.41, 5.74) is 0.965. The molecule has 0 aliphatic carbocycles. The molecule has 0 aromatic heterocycles. The summed E-state index contributed by atoms with van der Waals surface area (Å²) in [5, 5.41) is 5.16. The van der Waals surface area contributed by atoms with E-state index in [-0.39, 0.29) is 25.5 Å². The lowest BCUT2D eigenvalue weighted by atomic mass is 10.2. The van der Waals surface area contributed by atoms with Crippen LogP contribution < -0.4 is 15.4 Å². The predicted molar refractivity (Wildman–Crippen MR) is 102 cm³/mol. The number of methoxy groups -OCH3 is 1. The molecule has 2 aromatic rings. The number of hydrogen-bond donors (Lipinski definition) is 3. The highest BCUT2D eigenvalue weighted by atomic mass is 32.2. The minimum Gasteiger partial charge on any atom is -0.375 e. The number of halogens is 2. The number of ether oxygens (including phenoxy) is 1. The normalized spacial score (nSPS) is 11.1. The second-order valence-electron chi connectivity index (χ2n) is 5.83. The van der Waals surface area contributed by atoms with Crippen LogP contribution in [-0.2, 0) is 24.3 Å². The Bertz CT molecular complexity index is 981. The van der Waals surface area contributed by atoms with Gasteiger partial charge in [0, 0.05) is 31.5 Å². The fraction of sp³-hybridized carbons (Fsp3) is 0.222. The van der Waals surface area contributed by atoms with E-state index < -0.39 is 32.5 Å². The van der Waals surface area contributed by atoms with E-state index in [1.54, 1.807) is 24.3 Å². The van der Waals surface area contributed by atoms with Gasteiger partial charge in [-0.2, -0.15) is 0 Å². The second-order valence-corrected chi connectivity index (χ2v) is 7.60. The number of rotatable bonds is 9. The number of anilines is 2. The highest BCUT2D eigenvalue weighted by Crippen LogP contribution is 2.15. The summed E-state index contributed by atoms with van der Waals surface area (Å²) in [6.45, 7) is -0.322. The maximum atomic E-state index is 13.2. The number of benzene rings is 2. The minimum atomic E-state index is -4.08. The summed E-state index contributed by atoms with van der Waals surface area (Å²) in [7, 11) is -2.68. The molecule has 0 aliphatic heterocycles. The number of sulfonamides is 1. The first-order valence-electron chi connectivity index (χ1n) is 8.34. The maximum absolute atomic E-state index is 13.2. The van der Waals surface area contributed by atoms with Crippen LogP contribution in [0.25, 0.3) is 0 Å². The molecule has 2 amide bonds. The molecule has 0 radical (unpaired) electrons. The molecular weight excluding hydrogens is 408 g/mol. The summed E-state index contributed by atoms with van der Waals surface area (Å²) in [6.07, 6.45) is -0.185. The van der Waals surface area contributed by atoms with E-state index in [1.807, 2.05) is 0 Å². The average Bonchev–Trinajstić information content (AvgIpc) is 2.65. The number of hydrogen-bond acceptors (Lipinski definition) is 5. The third kappa shape index (κ3) is 6.89. The van der Waals surface area contributed by atoms with Gasteiger partial charge in [0.25, 0.3) is 0 Å². The van der Waals surface area contributed by atoms with Crippen molar-refractivity contribution in [2.45, 2.75) is 11.3 Å². The van der Waals surface area contributed by atoms with Gasteiger partial charge in [0.05, 0.1) is 4.90 Å². The summed E-state index contributed by atoms with van der Waals surface area (Å²) < 4.78 is 57.0. The first kappa shape index (κ1) is 22.4. The Morgan fingerprint density at radius 3 is 2.07 bits per heavy atom. The first-order chi connectivity index (χ1) is 13.7. The van der Waals surface area contributed by atoms with Crippen LogP contribution in [0, 0.1) is 11.6 Å². The van der Waals surface area contributed by atoms with Gasteiger partial charge in [-0.1, -0.05) is 0 Å². The standard InChI is InChI=1S/C18H19F2N3O5S/c1-28-11-18(25)23-13-4-2-12(3-5-13)22-17(24)8-9-21-29(26,27)14-6-7-15(19)16(20)10-14/h2-7,10,21H,8-9,11H2,1H3,(H,22,24)(H,23,25). The monoisotopic (exact) mass is 427 g/mol. The summed E-state index contributed by atoms with van der Waals surface area (Å²) in [4.78, 5) is 22.9. The van der Waals surface area contributed by atoms with Gasteiger partial charge in [-0.3, -0.25) is 9.59 Å². The fourth-order valence-electron chi connectivity index (χ4n) is 2.21. The second kappa shape index (κ2) is 10.0. The van der Waals surface area contributed by atoms with Crippen molar-refractivity contribution in [3.8, 4) is 0 Å². The van der Waals surface area contributed by atoms with E-state index in [2.05, 4.69) is 15.4 Å². The number of amides is 2.